The molecular weight excluding hydrogens is 388 g/mol. The zero-order valence-electron chi connectivity index (χ0n) is 18.0. The molecule has 2 aromatic heterocycles. The first-order valence-corrected chi connectivity index (χ1v) is 12.0. The number of aryl methyl sites for hydroxylation is 2. The van der Waals surface area contributed by atoms with Crippen LogP contribution in [0.2, 0.25) is 0 Å². The highest BCUT2D eigenvalue weighted by atomic mass is 14.9. The zero-order valence-corrected chi connectivity index (χ0v) is 18.0. The van der Waals surface area contributed by atoms with E-state index in [9.17, 15) is 0 Å². The summed E-state index contributed by atoms with van der Waals surface area (Å²) in [5.41, 5.74) is 12.9. The van der Waals surface area contributed by atoms with Gasteiger partial charge in [-0.1, -0.05) is 42.5 Å². The molecule has 6 aromatic rings. The topological polar surface area (TPSA) is 16.4 Å². The number of anilines is 2. The summed E-state index contributed by atoms with van der Waals surface area (Å²) in [6.07, 6.45) is 7.48. The van der Waals surface area contributed by atoms with Crippen LogP contribution in [0, 0.1) is 0 Å². The Hall–Kier alpha value is -3.52. The number of aromatic nitrogens is 1. The smallest absolute Gasteiger partial charge is 0.0622 e. The number of hydrogen-bond acceptors (Lipinski definition) is 1. The van der Waals surface area contributed by atoms with E-state index in [1.54, 1.807) is 22.3 Å². The lowest BCUT2D eigenvalue weighted by Crippen LogP contribution is -2.01. The van der Waals surface area contributed by atoms with Crippen LogP contribution in [0.15, 0.2) is 66.7 Å². The fraction of sp³-hybridized carbons (Fsp3) is 0.200. The van der Waals surface area contributed by atoms with Gasteiger partial charge in [-0.05, 0) is 85.0 Å². The Morgan fingerprint density at radius 2 is 1.16 bits per heavy atom. The number of hydrogen-bond donors (Lipinski definition) is 1. The van der Waals surface area contributed by atoms with Crippen molar-refractivity contribution < 1.29 is 0 Å². The minimum Gasteiger partial charge on any atom is -0.355 e. The van der Waals surface area contributed by atoms with Crippen LogP contribution in [0.1, 0.15) is 35.1 Å². The summed E-state index contributed by atoms with van der Waals surface area (Å²) in [5.74, 6) is 0. The van der Waals surface area contributed by atoms with E-state index in [0.29, 0.717) is 0 Å². The quantitative estimate of drug-likeness (QED) is 0.310. The monoisotopic (exact) mass is 412 g/mol. The average Bonchev–Trinajstić information content (AvgIpc) is 3.60. The molecule has 0 unspecified atom stereocenters. The molecule has 154 valence electrons. The Labute approximate surface area is 186 Å². The van der Waals surface area contributed by atoms with Crippen LogP contribution in [0.4, 0.5) is 11.4 Å². The zero-order chi connectivity index (χ0) is 20.8. The molecule has 0 spiro atoms. The molecule has 0 atom stereocenters. The van der Waals surface area contributed by atoms with Gasteiger partial charge in [0.1, 0.15) is 0 Å². The largest absolute Gasteiger partial charge is 0.355 e. The van der Waals surface area contributed by atoms with E-state index < -0.39 is 0 Å². The molecule has 8 rings (SSSR count). The van der Waals surface area contributed by atoms with Gasteiger partial charge in [0.15, 0.2) is 0 Å². The summed E-state index contributed by atoms with van der Waals surface area (Å²) in [7, 11) is 0. The van der Waals surface area contributed by atoms with Crippen LogP contribution in [0.25, 0.3) is 38.1 Å². The average molecular weight is 413 g/mol. The van der Waals surface area contributed by atoms with Gasteiger partial charge in [-0.25, -0.2) is 0 Å². The van der Waals surface area contributed by atoms with Crippen molar-refractivity contribution in [3.8, 4) is 0 Å². The van der Waals surface area contributed by atoms with E-state index in [4.69, 9.17) is 0 Å². The second-order valence-electron chi connectivity index (χ2n) is 9.65. The first kappa shape index (κ1) is 17.1. The van der Waals surface area contributed by atoms with E-state index in [0.717, 1.165) is 0 Å². The fourth-order valence-electron chi connectivity index (χ4n) is 6.63. The summed E-state index contributed by atoms with van der Waals surface area (Å²) >= 11 is 0. The molecule has 2 aliphatic rings. The maximum Gasteiger partial charge on any atom is 0.0622 e. The molecule has 0 radical (unpaired) electrons. The third-order valence-electron chi connectivity index (χ3n) is 7.95. The lowest BCUT2D eigenvalue weighted by atomic mass is 9.98. The highest BCUT2D eigenvalue weighted by Crippen LogP contribution is 2.43. The van der Waals surface area contributed by atoms with Gasteiger partial charge in [0, 0.05) is 32.9 Å². The SMILES string of the molecule is c1ccc2c(c1)c1cc(Nc3c4c(cc5c3CCC5)CCC4)cc3c4ccccc4n2c13. The van der Waals surface area contributed by atoms with Gasteiger partial charge >= 0.3 is 0 Å². The number of nitrogens with zero attached hydrogens (tertiary/aromatic N) is 1. The van der Waals surface area contributed by atoms with Crippen LogP contribution in [-0.4, -0.2) is 4.40 Å². The predicted octanol–water partition coefficient (Wildman–Crippen LogP) is 7.56. The Bertz CT molecular complexity index is 1590. The van der Waals surface area contributed by atoms with Crippen LogP contribution < -0.4 is 5.32 Å². The molecule has 0 bridgehead atoms. The number of rotatable bonds is 2. The van der Waals surface area contributed by atoms with E-state index in [1.807, 2.05) is 0 Å². The maximum atomic E-state index is 3.97. The molecule has 2 nitrogen and oxygen atoms in total. The fourth-order valence-corrected chi connectivity index (χ4v) is 6.63. The second kappa shape index (κ2) is 6.04. The molecule has 2 heteroatoms. The van der Waals surface area contributed by atoms with Crippen molar-refractivity contribution in [2.45, 2.75) is 38.5 Å². The lowest BCUT2D eigenvalue weighted by molar-refractivity contribution is 0.898. The molecule has 4 aromatic carbocycles. The number of para-hydroxylation sites is 2. The molecule has 0 saturated carbocycles. The first-order valence-electron chi connectivity index (χ1n) is 12.0. The highest BCUT2D eigenvalue weighted by Gasteiger charge is 2.25. The van der Waals surface area contributed by atoms with E-state index >= 15 is 0 Å². The molecule has 32 heavy (non-hydrogen) atoms. The van der Waals surface area contributed by atoms with E-state index in [-0.39, 0.29) is 0 Å². The molecular formula is C30H24N2. The Morgan fingerprint density at radius 3 is 1.75 bits per heavy atom. The molecule has 2 heterocycles. The molecule has 0 aliphatic heterocycles. The van der Waals surface area contributed by atoms with Crippen LogP contribution in [0.5, 0.6) is 0 Å². The molecule has 2 aliphatic carbocycles. The number of benzene rings is 4. The predicted molar refractivity (Wildman–Crippen MR) is 135 cm³/mol. The molecule has 0 amide bonds. The van der Waals surface area contributed by atoms with Crippen LogP contribution in [-0.2, 0) is 25.7 Å². The van der Waals surface area contributed by atoms with Gasteiger partial charge in [0.25, 0.3) is 0 Å². The first-order chi connectivity index (χ1) is 15.9. The summed E-state index contributed by atoms with van der Waals surface area (Å²) in [6, 6.07) is 25.0. The van der Waals surface area contributed by atoms with Crippen molar-refractivity contribution in [2.75, 3.05) is 5.32 Å². The van der Waals surface area contributed by atoms with Crippen molar-refractivity contribution >= 4 is 49.5 Å². The molecule has 0 saturated heterocycles. The molecule has 1 N–H and O–H groups in total. The summed E-state index contributed by atoms with van der Waals surface area (Å²) in [5, 5.41) is 9.34. The van der Waals surface area contributed by atoms with Crippen molar-refractivity contribution in [2.24, 2.45) is 0 Å². The molecule has 0 fully saturated rings. The van der Waals surface area contributed by atoms with E-state index in [1.165, 1.54) is 88.0 Å². The minimum absolute atomic E-state index is 1.21. The summed E-state index contributed by atoms with van der Waals surface area (Å²) in [4.78, 5) is 0. The van der Waals surface area contributed by atoms with Gasteiger partial charge in [-0.2, -0.15) is 0 Å². The van der Waals surface area contributed by atoms with Crippen LogP contribution >= 0.6 is 0 Å². The minimum atomic E-state index is 1.21. The summed E-state index contributed by atoms with van der Waals surface area (Å²) < 4.78 is 2.46. The Balaban J connectivity index is 1.44. The summed E-state index contributed by atoms with van der Waals surface area (Å²) in [6.45, 7) is 0. The number of nitrogens with one attached hydrogen (secondary N) is 1. The Morgan fingerprint density at radius 1 is 0.594 bits per heavy atom. The highest BCUT2D eigenvalue weighted by molar-refractivity contribution is 6.24. The second-order valence-corrected chi connectivity index (χ2v) is 9.65. The van der Waals surface area contributed by atoms with Gasteiger partial charge in [0.2, 0.25) is 0 Å². The van der Waals surface area contributed by atoms with Crippen molar-refractivity contribution in [3.63, 3.8) is 0 Å². The third-order valence-corrected chi connectivity index (χ3v) is 7.95. The number of fused-ring (bicyclic) bond motifs is 8. The third kappa shape index (κ3) is 2.10. The van der Waals surface area contributed by atoms with Gasteiger partial charge in [-0.3, -0.25) is 0 Å². The lowest BCUT2D eigenvalue weighted by Gasteiger charge is -2.17. The normalized spacial score (nSPS) is 15.4. The van der Waals surface area contributed by atoms with Crippen molar-refractivity contribution in [1.29, 1.82) is 0 Å². The van der Waals surface area contributed by atoms with E-state index in [2.05, 4.69) is 76.4 Å². The van der Waals surface area contributed by atoms with Gasteiger partial charge in [-0.15, -0.1) is 0 Å². The Kier molecular flexibility index (Phi) is 3.22. The standard InChI is InChI=1S/C30H24N2/c1-3-13-27-23(9-1)25-16-20(17-26-24-10-2-4-14-28(24)32(27)30(25)26)31-29-21-11-5-7-18(21)15-19-8-6-12-22(19)29/h1-4,9-10,13-17,31H,5-8,11-12H2. The van der Waals surface area contributed by atoms with Crippen molar-refractivity contribution in [1.82, 2.24) is 4.40 Å². The van der Waals surface area contributed by atoms with Crippen LogP contribution in [0.3, 0.4) is 0 Å². The van der Waals surface area contributed by atoms with Gasteiger partial charge < -0.3 is 9.72 Å². The maximum absolute atomic E-state index is 3.97. The van der Waals surface area contributed by atoms with Gasteiger partial charge in [0.05, 0.1) is 16.6 Å². The van der Waals surface area contributed by atoms with Crippen molar-refractivity contribution in [3.05, 3.63) is 89.0 Å².